The van der Waals surface area contributed by atoms with Gasteiger partial charge in [0.1, 0.15) is 5.54 Å². The first-order valence-electron chi connectivity index (χ1n) is 11.7. The Morgan fingerprint density at radius 3 is 2.33 bits per heavy atom. The molecule has 1 atom stereocenters. The lowest BCUT2D eigenvalue weighted by molar-refractivity contribution is -0.387. The van der Waals surface area contributed by atoms with Crippen LogP contribution in [0, 0.1) is 22.9 Å². The Morgan fingerprint density at radius 2 is 1.67 bits per heavy atom. The van der Waals surface area contributed by atoms with Crippen LogP contribution in [0.5, 0.6) is 0 Å². The second-order valence-corrected chi connectivity index (χ2v) is 8.87. The van der Waals surface area contributed by atoms with Gasteiger partial charge in [0.25, 0.3) is 0 Å². The Kier molecular flexibility index (Phi) is 7.61. The molecule has 1 heterocycles. The predicted octanol–water partition coefficient (Wildman–Crippen LogP) is 6.76. The van der Waals surface area contributed by atoms with Crippen molar-refractivity contribution < 1.29 is 27.3 Å². The van der Waals surface area contributed by atoms with Crippen molar-refractivity contribution in [1.82, 2.24) is 10.3 Å². The molecule has 2 N–H and O–H groups in total. The van der Waals surface area contributed by atoms with Crippen LogP contribution in [-0.2, 0) is 18.1 Å². The maximum absolute atomic E-state index is 13.8. The third kappa shape index (κ3) is 6.20. The highest BCUT2D eigenvalue weighted by atomic mass is 19.4. The Balaban J connectivity index is 1.86. The topological polar surface area (TPSA) is 97.2 Å². The maximum atomic E-state index is 13.8. The average Bonchev–Trinajstić information content (AvgIpc) is 2.89. The highest BCUT2D eigenvalue weighted by Gasteiger charge is 2.40. The number of aromatic nitrogens is 1. The van der Waals surface area contributed by atoms with Crippen LogP contribution in [0.2, 0.25) is 0 Å². The van der Waals surface area contributed by atoms with Crippen LogP contribution in [0.25, 0.3) is 0 Å². The van der Waals surface area contributed by atoms with Crippen molar-refractivity contribution in [3.05, 3.63) is 135 Å². The summed E-state index contributed by atoms with van der Waals surface area (Å²) in [7, 11) is 0. The Hall–Kier alpha value is -4.80. The summed E-state index contributed by atoms with van der Waals surface area (Å²) in [6.07, 6.45) is -3.15. The molecule has 0 aliphatic heterocycles. The number of carbonyl (C=O) groups excluding carboxylic acids is 1. The van der Waals surface area contributed by atoms with E-state index in [1.54, 1.807) is 49.4 Å². The second-order valence-electron chi connectivity index (χ2n) is 8.87. The molecule has 0 aliphatic carbocycles. The number of benzene rings is 3. The number of rotatable bonds is 7. The van der Waals surface area contributed by atoms with E-state index in [-0.39, 0.29) is 23.4 Å². The molecule has 0 saturated carbocycles. The molecule has 39 heavy (non-hydrogen) atoms. The average molecular weight is 539 g/mol. The van der Waals surface area contributed by atoms with Gasteiger partial charge in [-0.2, -0.15) is 17.6 Å². The highest BCUT2D eigenvalue weighted by molar-refractivity contribution is 5.90. The first-order chi connectivity index (χ1) is 18.5. The van der Waals surface area contributed by atoms with E-state index in [1.807, 2.05) is 0 Å². The number of nitrogens with zero attached hydrogens (tertiary/aromatic N) is 2. The smallest absolute Gasteiger partial charge is 0.322 e. The number of nitro groups is 1. The molecule has 200 valence electrons. The van der Waals surface area contributed by atoms with Crippen LogP contribution >= 0.6 is 0 Å². The molecule has 7 nitrogen and oxygen atoms in total. The normalized spacial score (nSPS) is 12.8. The van der Waals surface area contributed by atoms with E-state index in [9.17, 15) is 32.5 Å². The first kappa shape index (κ1) is 27.2. The number of halogens is 4. The molecule has 0 fully saturated rings. The van der Waals surface area contributed by atoms with Crippen molar-refractivity contribution in [1.29, 1.82) is 0 Å². The molecule has 4 rings (SSSR count). The number of aryl methyl sites for hydroxylation is 1. The molecule has 0 aliphatic rings. The van der Waals surface area contributed by atoms with Gasteiger partial charge in [0, 0.05) is 24.4 Å². The minimum atomic E-state index is -4.65. The largest absolute Gasteiger partial charge is 0.416 e. The van der Waals surface area contributed by atoms with E-state index in [2.05, 4.69) is 15.6 Å². The summed E-state index contributed by atoms with van der Waals surface area (Å²) in [6.45, 7) is 1.78. The number of alkyl halides is 3. The molecular weight excluding hydrogens is 516 g/mol. The first-order valence-corrected chi connectivity index (χ1v) is 11.7. The Bertz CT molecular complexity index is 1510. The van der Waals surface area contributed by atoms with Gasteiger partial charge in [-0.1, -0.05) is 42.5 Å². The molecule has 1 unspecified atom stereocenters. The summed E-state index contributed by atoms with van der Waals surface area (Å²) in [5.41, 5.74) is -1.63. The fourth-order valence-electron chi connectivity index (χ4n) is 4.24. The summed E-state index contributed by atoms with van der Waals surface area (Å²) in [6, 6.07) is 18.7. The minimum Gasteiger partial charge on any atom is -0.322 e. The SMILES string of the molecule is Cc1ccnc(C(Cc2ccccc2)(NC(=O)Nc2ccc(F)c([N+](=O)[O-])c2)c2cccc(C(F)(F)F)c2)c1. The number of hydrogen-bond donors (Lipinski definition) is 2. The van der Waals surface area contributed by atoms with Gasteiger partial charge in [-0.25, -0.2) is 4.79 Å². The lowest BCUT2D eigenvalue weighted by atomic mass is 9.79. The molecule has 11 heteroatoms. The number of amides is 2. The van der Waals surface area contributed by atoms with Gasteiger partial charge in [-0.15, -0.1) is 0 Å². The van der Waals surface area contributed by atoms with Gasteiger partial charge >= 0.3 is 17.9 Å². The van der Waals surface area contributed by atoms with Crippen molar-refractivity contribution in [3.63, 3.8) is 0 Å². The van der Waals surface area contributed by atoms with E-state index in [1.165, 1.54) is 18.3 Å². The number of hydrogen-bond acceptors (Lipinski definition) is 4. The molecule has 1 aromatic heterocycles. The zero-order chi connectivity index (χ0) is 28.2. The van der Waals surface area contributed by atoms with E-state index in [4.69, 9.17) is 0 Å². The fraction of sp³-hybridized carbons (Fsp3) is 0.143. The Labute approximate surface area is 220 Å². The zero-order valence-electron chi connectivity index (χ0n) is 20.5. The van der Waals surface area contributed by atoms with E-state index < -0.39 is 39.7 Å². The van der Waals surface area contributed by atoms with E-state index in [0.29, 0.717) is 5.56 Å². The van der Waals surface area contributed by atoms with Gasteiger partial charge in [0.15, 0.2) is 0 Å². The molecule has 0 saturated heterocycles. The van der Waals surface area contributed by atoms with Crippen LogP contribution in [0.3, 0.4) is 0 Å². The van der Waals surface area contributed by atoms with Crippen LogP contribution < -0.4 is 10.6 Å². The van der Waals surface area contributed by atoms with Crippen molar-refractivity contribution in [2.75, 3.05) is 5.32 Å². The molecule has 4 aromatic rings. The molecule has 2 amide bonds. The third-order valence-corrected chi connectivity index (χ3v) is 6.08. The number of urea groups is 1. The van der Waals surface area contributed by atoms with Crippen molar-refractivity contribution in [3.8, 4) is 0 Å². The number of anilines is 1. The standard InChI is InChI=1S/C28H22F4N4O3/c1-18-12-13-33-25(14-18)27(17-19-6-3-2-4-7-19,20-8-5-9-21(15-20)28(30,31)32)35-26(37)34-22-10-11-23(29)24(16-22)36(38)39/h2-16H,17H2,1H3,(H2,34,35,37). The van der Waals surface area contributed by atoms with Crippen molar-refractivity contribution >= 4 is 17.4 Å². The summed E-state index contributed by atoms with van der Waals surface area (Å²) in [5, 5.41) is 16.4. The van der Waals surface area contributed by atoms with E-state index >= 15 is 0 Å². The maximum Gasteiger partial charge on any atom is 0.416 e. The van der Waals surface area contributed by atoms with Crippen LogP contribution in [0.1, 0.15) is 27.9 Å². The summed E-state index contributed by atoms with van der Waals surface area (Å²) < 4.78 is 55.0. The lowest BCUT2D eigenvalue weighted by Crippen LogP contribution is -2.50. The van der Waals surface area contributed by atoms with Crippen LogP contribution in [0.15, 0.2) is 91.1 Å². The van der Waals surface area contributed by atoms with Crippen molar-refractivity contribution in [2.24, 2.45) is 0 Å². The van der Waals surface area contributed by atoms with Crippen molar-refractivity contribution in [2.45, 2.75) is 25.1 Å². The quantitative estimate of drug-likeness (QED) is 0.154. The number of carbonyl (C=O) groups is 1. The van der Waals surface area contributed by atoms with E-state index in [0.717, 1.165) is 35.9 Å². The monoisotopic (exact) mass is 538 g/mol. The highest BCUT2D eigenvalue weighted by Crippen LogP contribution is 2.37. The minimum absolute atomic E-state index is 0.0165. The fourth-order valence-corrected chi connectivity index (χ4v) is 4.24. The predicted molar refractivity (Wildman–Crippen MR) is 137 cm³/mol. The Morgan fingerprint density at radius 1 is 0.949 bits per heavy atom. The van der Waals surface area contributed by atoms with Gasteiger partial charge in [-0.05, 0) is 60.0 Å². The molecule has 0 bridgehead atoms. The third-order valence-electron chi connectivity index (χ3n) is 6.08. The zero-order valence-corrected chi connectivity index (χ0v) is 20.5. The van der Waals surface area contributed by atoms with Gasteiger partial charge in [-0.3, -0.25) is 15.1 Å². The van der Waals surface area contributed by atoms with Crippen LogP contribution in [0.4, 0.5) is 33.7 Å². The molecule has 0 radical (unpaired) electrons. The number of pyridine rings is 1. The van der Waals surface area contributed by atoms with Gasteiger partial charge in [0.05, 0.1) is 16.2 Å². The summed E-state index contributed by atoms with van der Waals surface area (Å²) in [4.78, 5) is 28.0. The second kappa shape index (κ2) is 10.9. The van der Waals surface area contributed by atoms with Gasteiger partial charge < -0.3 is 10.6 Å². The number of nitro benzene ring substituents is 1. The lowest BCUT2D eigenvalue weighted by Gasteiger charge is -2.36. The summed E-state index contributed by atoms with van der Waals surface area (Å²) >= 11 is 0. The summed E-state index contributed by atoms with van der Waals surface area (Å²) in [5.74, 6) is -1.09. The molecule has 0 spiro atoms. The van der Waals surface area contributed by atoms with Crippen LogP contribution in [-0.4, -0.2) is 15.9 Å². The molecule has 3 aromatic carbocycles. The van der Waals surface area contributed by atoms with Gasteiger partial charge in [0.2, 0.25) is 5.82 Å². The molecular formula is C28H22F4N4O3. The number of nitrogens with one attached hydrogen (secondary N) is 2.